The summed E-state index contributed by atoms with van der Waals surface area (Å²) in [6, 6.07) is 3.63. The van der Waals surface area contributed by atoms with Crippen molar-refractivity contribution in [2.45, 2.75) is 26.2 Å². The van der Waals surface area contributed by atoms with Gasteiger partial charge in [0.05, 0.1) is 13.2 Å². The van der Waals surface area contributed by atoms with Gasteiger partial charge < -0.3 is 10.1 Å². The van der Waals surface area contributed by atoms with Gasteiger partial charge in [-0.25, -0.2) is 9.99 Å². The van der Waals surface area contributed by atoms with Crippen LogP contribution in [-0.2, 0) is 10.2 Å². The molecule has 0 atom stereocenters. The minimum atomic E-state index is -0.110. The van der Waals surface area contributed by atoms with E-state index in [-0.39, 0.29) is 11.3 Å². The second-order valence-electron chi connectivity index (χ2n) is 6.17. The van der Waals surface area contributed by atoms with E-state index in [1.807, 2.05) is 11.1 Å². The fraction of sp³-hybridized carbons (Fsp3) is 0.600. The van der Waals surface area contributed by atoms with Gasteiger partial charge in [-0.2, -0.15) is 0 Å². The van der Waals surface area contributed by atoms with Gasteiger partial charge in [0.25, 0.3) is 5.91 Å². The molecule has 0 aliphatic carbocycles. The standard InChI is InChI=1S/C15H24N4O2/c1-15(2,3)12-9-11(10-13(16-4)17-12)14(20)18-19-5-7-21-8-6-19/h9-10H,5-8H2,1-4H3,(H,16,17)(H,18,20). The third-order valence-electron chi connectivity index (χ3n) is 3.38. The number of morpholine rings is 1. The van der Waals surface area contributed by atoms with Crippen molar-refractivity contribution in [3.8, 4) is 0 Å². The Morgan fingerprint density at radius 2 is 1.95 bits per heavy atom. The second kappa shape index (κ2) is 6.41. The number of nitrogens with one attached hydrogen (secondary N) is 2. The molecule has 1 fully saturated rings. The van der Waals surface area contributed by atoms with Gasteiger partial charge in [0, 0.05) is 36.8 Å². The van der Waals surface area contributed by atoms with Crippen molar-refractivity contribution in [1.29, 1.82) is 0 Å². The van der Waals surface area contributed by atoms with Crippen molar-refractivity contribution < 1.29 is 9.53 Å². The third-order valence-corrected chi connectivity index (χ3v) is 3.38. The maximum atomic E-state index is 12.4. The molecule has 1 aromatic heterocycles. The Morgan fingerprint density at radius 3 is 2.52 bits per heavy atom. The maximum Gasteiger partial charge on any atom is 0.265 e. The molecule has 2 N–H and O–H groups in total. The first kappa shape index (κ1) is 15.7. The molecule has 0 unspecified atom stereocenters. The highest BCUT2D eigenvalue weighted by Crippen LogP contribution is 2.23. The monoisotopic (exact) mass is 292 g/mol. The zero-order valence-corrected chi connectivity index (χ0v) is 13.2. The Balaban J connectivity index is 2.19. The first-order valence-corrected chi connectivity index (χ1v) is 7.24. The second-order valence-corrected chi connectivity index (χ2v) is 6.17. The highest BCUT2D eigenvalue weighted by atomic mass is 16.5. The summed E-state index contributed by atoms with van der Waals surface area (Å²) < 4.78 is 5.27. The van der Waals surface area contributed by atoms with Crippen LogP contribution in [0.25, 0.3) is 0 Å². The molecule has 1 aliphatic heterocycles. The fourth-order valence-electron chi connectivity index (χ4n) is 2.06. The predicted octanol–water partition coefficient (Wildman–Crippen LogP) is 1.40. The normalized spacial score (nSPS) is 16.6. The van der Waals surface area contributed by atoms with Crippen LogP contribution in [0.4, 0.5) is 5.82 Å². The number of rotatable bonds is 3. The molecule has 0 spiro atoms. The molecule has 0 saturated carbocycles. The molecule has 1 saturated heterocycles. The summed E-state index contributed by atoms with van der Waals surface area (Å²) in [4.78, 5) is 16.9. The van der Waals surface area contributed by atoms with Crippen LogP contribution in [0.1, 0.15) is 36.8 Å². The van der Waals surface area contributed by atoms with Crippen molar-refractivity contribution in [2.24, 2.45) is 0 Å². The molecule has 116 valence electrons. The van der Waals surface area contributed by atoms with Gasteiger partial charge in [-0.3, -0.25) is 10.2 Å². The predicted molar refractivity (Wildman–Crippen MR) is 82.3 cm³/mol. The van der Waals surface area contributed by atoms with E-state index in [9.17, 15) is 4.79 Å². The van der Waals surface area contributed by atoms with E-state index in [1.54, 1.807) is 13.1 Å². The Bertz CT molecular complexity index is 505. The molecular weight excluding hydrogens is 268 g/mol. The number of hydrazine groups is 1. The Labute approximate surface area is 125 Å². The minimum Gasteiger partial charge on any atom is -0.379 e. The summed E-state index contributed by atoms with van der Waals surface area (Å²) in [5.41, 5.74) is 4.32. The van der Waals surface area contributed by atoms with Crippen LogP contribution in [0, 0.1) is 0 Å². The van der Waals surface area contributed by atoms with Crippen LogP contribution in [-0.4, -0.2) is 49.3 Å². The fourth-order valence-corrected chi connectivity index (χ4v) is 2.06. The number of carbonyl (C=O) groups excluding carboxylic acids is 1. The molecule has 6 nitrogen and oxygen atoms in total. The Hall–Kier alpha value is -1.66. The molecule has 1 aromatic rings. The van der Waals surface area contributed by atoms with Gasteiger partial charge >= 0.3 is 0 Å². The summed E-state index contributed by atoms with van der Waals surface area (Å²) in [6.45, 7) is 8.95. The molecule has 0 aromatic carbocycles. The van der Waals surface area contributed by atoms with Gasteiger partial charge in [0.1, 0.15) is 5.82 Å². The lowest BCUT2D eigenvalue weighted by Crippen LogP contribution is -2.48. The van der Waals surface area contributed by atoms with E-state index >= 15 is 0 Å². The molecular formula is C15H24N4O2. The summed E-state index contributed by atoms with van der Waals surface area (Å²) in [5.74, 6) is 0.593. The number of nitrogens with zero attached hydrogens (tertiary/aromatic N) is 2. The SMILES string of the molecule is CNc1cc(C(=O)NN2CCOCC2)cc(C(C)(C)C)n1. The van der Waals surface area contributed by atoms with Gasteiger partial charge in [-0.15, -0.1) is 0 Å². The number of hydrogen-bond donors (Lipinski definition) is 2. The van der Waals surface area contributed by atoms with Crippen molar-refractivity contribution in [3.63, 3.8) is 0 Å². The molecule has 2 heterocycles. The highest BCUT2D eigenvalue weighted by Gasteiger charge is 2.20. The first-order valence-electron chi connectivity index (χ1n) is 7.24. The van der Waals surface area contributed by atoms with Gasteiger partial charge in [-0.05, 0) is 12.1 Å². The van der Waals surface area contributed by atoms with Crippen molar-refractivity contribution in [3.05, 3.63) is 23.4 Å². The van der Waals surface area contributed by atoms with Crippen LogP contribution in [0.5, 0.6) is 0 Å². The lowest BCUT2D eigenvalue weighted by molar-refractivity contribution is 0.0126. The number of ether oxygens (including phenoxy) is 1. The summed E-state index contributed by atoms with van der Waals surface area (Å²) >= 11 is 0. The van der Waals surface area contributed by atoms with Crippen LogP contribution >= 0.6 is 0 Å². The van der Waals surface area contributed by atoms with Crippen molar-refractivity contribution in [1.82, 2.24) is 15.4 Å². The third kappa shape index (κ3) is 4.15. The van der Waals surface area contributed by atoms with E-state index in [0.29, 0.717) is 37.7 Å². The van der Waals surface area contributed by atoms with Gasteiger partial charge in [-0.1, -0.05) is 20.8 Å². The maximum absolute atomic E-state index is 12.4. The molecule has 2 rings (SSSR count). The zero-order chi connectivity index (χ0) is 15.5. The largest absolute Gasteiger partial charge is 0.379 e. The topological polar surface area (TPSA) is 66.5 Å². The van der Waals surface area contributed by atoms with E-state index in [2.05, 4.69) is 36.5 Å². The van der Waals surface area contributed by atoms with Gasteiger partial charge in [0.15, 0.2) is 0 Å². The van der Waals surface area contributed by atoms with Crippen molar-refractivity contribution >= 4 is 11.7 Å². The summed E-state index contributed by atoms with van der Waals surface area (Å²) in [6.07, 6.45) is 0. The molecule has 0 radical (unpaired) electrons. The molecule has 1 aliphatic rings. The summed E-state index contributed by atoms with van der Waals surface area (Å²) in [5, 5.41) is 4.90. The Kier molecular flexibility index (Phi) is 4.80. The van der Waals surface area contributed by atoms with E-state index in [1.165, 1.54) is 0 Å². The number of pyridine rings is 1. The van der Waals surface area contributed by atoms with Crippen LogP contribution in [0.15, 0.2) is 12.1 Å². The first-order chi connectivity index (χ1) is 9.90. The lowest BCUT2D eigenvalue weighted by atomic mass is 9.90. The smallest absolute Gasteiger partial charge is 0.265 e. The van der Waals surface area contributed by atoms with Crippen molar-refractivity contribution in [2.75, 3.05) is 38.7 Å². The van der Waals surface area contributed by atoms with E-state index in [4.69, 9.17) is 4.74 Å². The lowest BCUT2D eigenvalue weighted by Gasteiger charge is -2.27. The minimum absolute atomic E-state index is 0.110. The van der Waals surface area contributed by atoms with E-state index < -0.39 is 0 Å². The van der Waals surface area contributed by atoms with Gasteiger partial charge in [0.2, 0.25) is 0 Å². The Morgan fingerprint density at radius 1 is 1.29 bits per heavy atom. The average molecular weight is 292 g/mol. The molecule has 1 amide bonds. The van der Waals surface area contributed by atoms with Crippen LogP contribution in [0.3, 0.4) is 0 Å². The molecule has 6 heteroatoms. The molecule has 21 heavy (non-hydrogen) atoms. The summed E-state index contributed by atoms with van der Waals surface area (Å²) in [7, 11) is 1.80. The number of amides is 1. The highest BCUT2D eigenvalue weighted by molar-refractivity contribution is 5.94. The van der Waals surface area contributed by atoms with Crippen LogP contribution < -0.4 is 10.7 Å². The number of anilines is 1. The average Bonchev–Trinajstić information content (AvgIpc) is 2.46. The quantitative estimate of drug-likeness (QED) is 0.881. The van der Waals surface area contributed by atoms with E-state index in [0.717, 1.165) is 5.69 Å². The number of carbonyl (C=O) groups is 1. The van der Waals surface area contributed by atoms with Crippen LogP contribution in [0.2, 0.25) is 0 Å². The zero-order valence-electron chi connectivity index (χ0n) is 13.2. The molecule has 0 bridgehead atoms. The number of hydrogen-bond acceptors (Lipinski definition) is 5. The number of aromatic nitrogens is 1.